The Hall–Kier alpha value is -7.05. The molecule has 5 amide bonds. The molecule has 0 aliphatic heterocycles. The monoisotopic (exact) mass is 1860 g/mol. The average Bonchev–Trinajstić information content (AvgIpc) is 0.914. The SMILES string of the molecule is CCCCC/C=C\C/C=C\CCCCCCCCOC(=O)[C@@H](COC(=O)CCC(=O)NCCCCC(NC(=O)CCC(=O)OC[C@@H](NC(=O)CCCCCCC/C=C\C/C=C\CCCCC)C(=O)OCCCCCCCC/C=C\C/C=C\CCCCC)C(=O)NCCCOCCOCCOCCOCCOCCCC(C)C)NC(=O)CCCCCCC/C=C\C/C=C\CCCCC. The van der Waals surface area contributed by atoms with Crippen molar-refractivity contribution in [1.29, 1.82) is 0 Å². The highest BCUT2D eigenvalue weighted by Gasteiger charge is 2.27. The lowest BCUT2D eigenvalue weighted by Crippen LogP contribution is -2.47. The average molecular weight is 1860 g/mol. The van der Waals surface area contributed by atoms with Gasteiger partial charge in [-0.15, -0.1) is 0 Å². The molecule has 0 spiro atoms. The topological polar surface area (TPSA) is 297 Å². The molecule has 1 unspecified atom stereocenters. The van der Waals surface area contributed by atoms with Gasteiger partial charge < -0.3 is 69.2 Å². The van der Waals surface area contributed by atoms with Gasteiger partial charge in [0.25, 0.3) is 0 Å². The Bertz CT molecular complexity index is 2980. The summed E-state index contributed by atoms with van der Waals surface area (Å²) in [6, 6.07) is -3.50. The second kappa shape index (κ2) is 101. The van der Waals surface area contributed by atoms with Crippen molar-refractivity contribution in [1.82, 2.24) is 26.6 Å². The van der Waals surface area contributed by atoms with E-state index in [0.29, 0.717) is 110 Å². The van der Waals surface area contributed by atoms with E-state index in [2.05, 4.69) is 165 Å². The van der Waals surface area contributed by atoms with Crippen LogP contribution >= 0.6 is 0 Å². The lowest BCUT2D eigenvalue weighted by atomic mass is 10.1. The summed E-state index contributed by atoms with van der Waals surface area (Å²) in [6.07, 6.45) is 87.2. The number of nitrogens with one attached hydrogen (secondary N) is 5. The number of esters is 4. The van der Waals surface area contributed by atoms with Crippen LogP contribution in [-0.4, -0.2) is 177 Å². The normalized spacial score (nSPS) is 12.6. The number of unbranched alkanes of at least 4 members (excludes halogenated alkanes) is 35. The zero-order valence-electron chi connectivity index (χ0n) is 84.2. The van der Waals surface area contributed by atoms with Crippen LogP contribution in [0.4, 0.5) is 0 Å². The molecule has 0 fully saturated rings. The summed E-state index contributed by atoms with van der Waals surface area (Å²) in [7, 11) is 0. The second-order valence-electron chi connectivity index (χ2n) is 35.3. The van der Waals surface area contributed by atoms with Gasteiger partial charge in [0.2, 0.25) is 29.5 Å². The van der Waals surface area contributed by atoms with E-state index >= 15 is 0 Å². The van der Waals surface area contributed by atoms with Gasteiger partial charge in [-0.2, -0.15) is 0 Å². The molecule has 0 aliphatic rings. The third-order valence-corrected chi connectivity index (χ3v) is 22.3. The van der Waals surface area contributed by atoms with Crippen LogP contribution < -0.4 is 26.6 Å². The molecule has 23 nitrogen and oxygen atoms in total. The molecule has 0 saturated heterocycles. The van der Waals surface area contributed by atoms with Crippen LogP contribution in [0, 0.1) is 5.92 Å². The molecule has 132 heavy (non-hydrogen) atoms. The standard InChI is InChI=1S/C109H191N5O18/c1-7-11-15-19-23-27-31-35-39-43-47-51-55-59-63-69-85-129-108(122)99(113-102(116)75-65-61-57-53-49-45-41-37-33-29-25-21-17-13-9-3)95-131-105(119)79-77-101(115)110-81-68-67-74-98(107(121)111-82-72-84-125-88-90-127-92-94-128-93-91-126-89-87-124-83-71-73-97(5)6)112-104(118)78-80-106(120)132-96-100(114-103(117)76-66-62-58-54-50-46-42-38-34-30-26-22-18-14-10-4)109(123)130-86-70-64-60-56-52-48-44-40-36-32-28-24-20-16-12-8-2/h23-30,35-42,97-100H,7-22,31-34,43-96H2,1-6H3,(H,110,115)(H,111,121)(H,112,118)(H,113,116)(H,114,117)/b27-23-,28-24-,29-25-,30-26-,39-35-,40-36-,41-37-,42-38-/t98?,99-,100-/m1/s1. The Morgan fingerprint density at radius 1 is 0.235 bits per heavy atom. The van der Waals surface area contributed by atoms with Crippen LogP contribution in [0.3, 0.4) is 0 Å². The van der Waals surface area contributed by atoms with Crippen molar-refractivity contribution < 1.29 is 85.8 Å². The zero-order chi connectivity index (χ0) is 96.0. The molecule has 5 N–H and O–H groups in total. The Morgan fingerprint density at radius 3 is 0.871 bits per heavy atom. The van der Waals surface area contributed by atoms with E-state index in [1.807, 2.05) is 0 Å². The highest BCUT2D eigenvalue weighted by Crippen LogP contribution is 2.16. The van der Waals surface area contributed by atoms with Gasteiger partial charge in [0.1, 0.15) is 19.3 Å². The summed E-state index contributed by atoms with van der Waals surface area (Å²) < 4.78 is 50.6. The Morgan fingerprint density at radius 2 is 0.523 bits per heavy atom. The van der Waals surface area contributed by atoms with Crippen molar-refractivity contribution in [3.63, 3.8) is 0 Å². The smallest absolute Gasteiger partial charge is 0.332 e. The van der Waals surface area contributed by atoms with Crippen LogP contribution in [0.5, 0.6) is 0 Å². The maximum absolute atomic E-state index is 13.8. The highest BCUT2D eigenvalue weighted by molar-refractivity contribution is 5.89. The summed E-state index contributed by atoms with van der Waals surface area (Å²) in [5.74, 6) is -4.42. The maximum atomic E-state index is 13.8. The quantitative estimate of drug-likeness (QED) is 0.0164. The van der Waals surface area contributed by atoms with Crippen molar-refractivity contribution in [3.05, 3.63) is 97.2 Å². The van der Waals surface area contributed by atoms with Crippen LogP contribution in [0.2, 0.25) is 0 Å². The molecule has 0 rings (SSSR count). The first-order valence-corrected chi connectivity index (χ1v) is 52.8. The fraction of sp³-hybridized carbons (Fsp3) is 0.771. The van der Waals surface area contributed by atoms with Crippen LogP contribution in [0.1, 0.15) is 414 Å². The number of carbonyl (C=O) groups excluding carboxylic acids is 9. The van der Waals surface area contributed by atoms with E-state index in [1.165, 1.54) is 77.0 Å². The summed E-state index contributed by atoms with van der Waals surface area (Å²) in [5.41, 5.74) is 0. The lowest BCUT2D eigenvalue weighted by molar-refractivity contribution is -0.155. The molecule has 0 aromatic rings. The summed E-state index contributed by atoms with van der Waals surface area (Å²) in [5, 5.41) is 14.0. The van der Waals surface area contributed by atoms with Gasteiger partial charge in [0, 0.05) is 52.0 Å². The predicted octanol–water partition coefficient (Wildman–Crippen LogP) is 23.7. The highest BCUT2D eigenvalue weighted by atomic mass is 16.6. The van der Waals surface area contributed by atoms with Gasteiger partial charge in [-0.25, -0.2) is 9.59 Å². The molecule has 3 atom stereocenters. The van der Waals surface area contributed by atoms with Gasteiger partial charge >= 0.3 is 23.9 Å². The minimum atomic E-state index is -1.26. The first-order valence-electron chi connectivity index (χ1n) is 52.8. The fourth-order valence-electron chi connectivity index (χ4n) is 14.1. The van der Waals surface area contributed by atoms with Gasteiger partial charge in [-0.05, 0) is 199 Å². The van der Waals surface area contributed by atoms with Gasteiger partial charge in [-0.3, -0.25) is 33.6 Å². The maximum Gasteiger partial charge on any atom is 0.332 e. The van der Waals surface area contributed by atoms with Gasteiger partial charge in [-0.1, -0.05) is 280 Å². The molecule has 0 heterocycles. The van der Waals surface area contributed by atoms with Crippen molar-refractivity contribution in [3.8, 4) is 0 Å². The summed E-state index contributed by atoms with van der Waals surface area (Å²) in [6.45, 7) is 17.6. The molecule has 0 radical (unpaired) electrons. The first kappa shape index (κ1) is 125. The Kier molecular flexibility index (Phi) is 96.0. The molecular formula is C109H191N5O18. The molecule has 0 aromatic heterocycles. The zero-order valence-corrected chi connectivity index (χ0v) is 84.2. The van der Waals surface area contributed by atoms with Crippen molar-refractivity contribution in [2.75, 3.05) is 106 Å². The van der Waals surface area contributed by atoms with Gasteiger partial charge in [0.15, 0.2) is 12.1 Å². The third kappa shape index (κ3) is 93.4. The Labute approximate surface area is 802 Å². The number of ether oxygens (including phenoxy) is 9. The number of carbonyl (C=O) groups is 9. The Balaban J connectivity index is 5.84. The number of rotatable bonds is 99. The molecular weight excluding hydrogens is 1670 g/mol. The van der Waals surface area contributed by atoms with E-state index in [-0.39, 0.29) is 83.1 Å². The summed E-state index contributed by atoms with van der Waals surface area (Å²) >= 11 is 0. The number of allylic oxidation sites excluding steroid dienone is 16. The molecule has 760 valence electrons. The van der Waals surface area contributed by atoms with E-state index in [4.69, 9.17) is 42.6 Å². The predicted molar refractivity (Wildman–Crippen MR) is 538 cm³/mol. The van der Waals surface area contributed by atoms with E-state index in [0.717, 1.165) is 212 Å². The number of hydrogen-bond acceptors (Lipinski definition) is 18. The number of amides is 5. The minimum Gasteiger partial charge on any atom is -0.464 e. The van der Waals surface area contributed by atoms with Crippen molar-refractivity contribution in [2.24, 2.45) is 5.92 Å². The van der Waals surface area contributed by atoms with Crippen LogP contribution in [-0.2, 0) is 85.8 Å². The molecule has 0 saturated carbocycles. The minimum absolute atomic E-state index is 0.151. The molecule has 0 aliphatic carbocycles. The number of hydrogen-bond donors (Lipinski definition) is 5. The summed E-state index contributed by atoms with van der Waals surface area (Å²) in [4.78, 5) is 121. The fourth-order valence-corrected chi connectivity index (χ4v) is 14.1. The molecule has 0 aromatic carbocycles. The first-order chi connectivity index (χ1) is 64.7. The lowest BCUT2D eigenvalue weighted by Gasteiger charge is -2.19. The molecule has 23 heteroatoms. The third-order valence-electron chi connectivity index (χ3n) is 22.3. The van der Waals surface area contributed by atoms with Gasteiger partial charge in [0.05, 0.1) is 78.9 Å². The second-order valence-corrected chi connectivity index (χ2v) is 35.3. The van der Waals surface area contributed by atoms with E-state index in [9.17, 15) is 43.2 Å². The van der Waals surface area contributed by atoms with Crippen LogP contribution in [0.15, 0.2) is 97.2 Å². The van der Waals surface area contributed by atoms with E-state index < -0.39 is 72.9 Å². The van der Waals surface area contributed by atoms with Crippen LogP contribution in [0.25, 0.3) is 0 Å². The van der Waals surface area contributed by atoms with Crippen molar-refractivity contribution in [2.45, 2.75) is 432 Å². The largest absolute Gasteiger partial charge is 0.464 e. The van der Waals surface area contributed by atoms with E-state index in [1.54, 1.807) is 0 Å². The van der Waals surface area contributed by atoms with Crippen molar-refractivity contribution >= 4 is 53.4 Å². The molecule has 0 bridgehead atoms.